The number of nitrogens with zero attached hydrogens (tertiary/aromatic N) is 4. The molecular formula is C14H21N5. The van der Waals surface area contributed by atoms with Crippen molar-refractivity contribution < 1.29 is 0 Å². The molecule has 0 atom stereocenters. The molecule has 2 aromatic rings. The molecule has 0 amide bonds. The number of aromatic nitrogens is 4. The van der Waals surface area contributed by atoms with Gasteiger partial charge in [0.05, 0.1) is 12.0 Å². The highest BCUT2D eigenvalue weighted by Gasteiger charge is 2.25. The van der Waals surface area contributed by atoms with Gasteiger partial charge in [0.1, 0.15) is 0 Å². The van der Waals surface area contributed by atoms with E-state index in [4.69, 9.17) is 0 Å². The highest BCUT2D eigenvalue weighted by molar-refractivity contribution is 5.30. The third kappa shape index (κ3) is 3.16. The van der Waals surface area contributed by atoms with Gasteiger partial charge in [-0.25, -0.2) is 9.97 Å². The summed E-state index contributed by atoms with van der Waals surface area (Å²) in [5.41, 5.74) is 1.10. The summed E-state index contributed by atoms with van der Waals surface area (Å²) in [6.07, 6.45) is 12.8. The molecule has 1 aliphatic carbocycles. The first-order chi connectivity index (χ1) is 9.33. The van der Waals surface area contributed by atoms with Crippen LogP contribution in [0.5, 0.6) is 0 Å². The van der Waals surface area contributed by atoms with Crippen molar-refractivity contribution in [2.75, 3.05) is 11.9 Å². The summed E-state index contributed by atoms with van der Waals surface area (Å²) in [4.78, 5) is 8.60. The van der Waals surface area contributed by atoms with Crippen LogP contribution < -0.4 is 5.32 Å². The first-order valence-electron chi connectivity index (χ1n) is 7.08. The lowest BCUT2D eigenvalue weighted by Crippen LogP contribution is -2.08. The maximum atomic E-state index is 4.56. The molecule has 1 saturated carbocycles. The van der Waals surface area contributed by atoms with Crippen LogP contribution in [-0.2, 0) is 6.54 Å². The largest absolute Gasteiger partial charge is 0.356 e. The van der Waals surface area contributed by atoms with E-state index in [2.05, 4.69) is 37.5 Å². The number of rotatable bonds is 7. The minimum atomic E-state index is 0.689. The SMILES string of the molecule is Cc1cn(C2CC2)c(NCCCCn2ccnc2)n1. The van der Waals surface area contributed by atoms with Gasteiger partial charge in [-0.05, 0) is 32.6 Å². The van der Waals surface area contributed by atoms with Crippen LogP contribution in [0.1, 0.15) is 37.4 Å². The Labute approximate surface area is 113 Å². The second-order valence-corrected chi connectivity index (χ2v) is 5.28. The van der Waals surface area contributed by atoms with E-state index < -0.39 is 0 Å². The molecule has 102 valence electrons. The summed E-state index contributed by atoms with van der Waals surface area (Å²) < 4.78 is 4.42. The summed E-state index contributed by atoms with van der Waals surface area (Å²) in [7, 11) is 0. The molecule has 5 nitrogen and oxygen atoms in total. The summed E-state index contributed by atoms with van der Waals surface area (Å²) in [5.74, 6) is 1.04. The van der Waals surface area contributed by atoms with Crippen molar-refractivity contribution in [3.05, 3.63) is 30.6 Å². The minimum absolute atomic E-state index is 0.689. The lowest BCUT2D eigenvalue weighted by Gasteiger charge is -2.08. The highest BCUT2D eigenvalue weighted by Crippen LogP contribution is 2.37. The Balaban J connectivity index is 1.42. The molecule has 0 radical (unpaired) electrons. The van der Waals surface area contributed by atoms with Crippen molar-refractivity contribution in [2.45, 2.75) is 45.2 Å². The maximum Gasteiger partial charge on any atom is 0.203 e. The van der Waals surface area contributed by atoms with Crippen LogP contribution in [0.4, 0.5) is 5.95 Å². The van der Waals surface area contributed by atoms with Crippen LogP contribution in [0.3, 0.4) is 0 Å². The molecule has 2 aromatic heterocycles. The third-order valence-electron chi connectivity index (χ3n) is 3.48. The van der Waals surface area contributed by atoms with Gasteiger partial charge >= 0.3 is 0 Å². The van der Waals surface area contributed by atoms with E-state index in [1.54, 1.807) is 0 Å². The normalized spacial score (nSPS) is 14.8. The molecule has 0 aliphatic heterocycles. The van der Waals surface area contributed by atoms with Crippen LogP contribution in [0.15, 0.2) is 24.9 Å². The standard InChI is InChI=1S/C14H21N5/c1-12-10-19(13-4-5-13)14(17-12)16-6-2-3-8-18-9-7-15-11-18/h7,9-11,13H,2-6,8H2,1H3,(H,16,17). The van der Waals surface area contributed by atoms with E-state index in [0.717, 1.165) is 37.6 Å². The number of unbranched alkanes of at least 4 members (excludes halogenated alkanes) is 1. The van der Waals surface area contributed by atoms with Gasteiger partial charge in [0, 0.05) is 37.7 Å². The van der Waals surface area contributed by atoms with E-state index in [1.807, 2.05) is 18.7 Å². The highest BCUT2D eigenvalue weighted by atomic mass is 15.2. The summed E-state index contributed by atoms with van der Waals surface area (Å²) in [5, 5.41) is 3.46. The van der Waals surface area contributed by atoms with Crippen molar-refractivity contribution in [1.29, 1.82) is 0 Å². The Bertz CT molecular complexity index is 510. The van der Waals surface area contributed by atoms with Gasteiger partial charge in [0.2, 0.25) is 5.95 Å². The Morgan fingerprint density at radius 1 is 1.37 bits per heavy atom. The van der Waals surface area contributed by atoms with Gasteiger partial charge in [-0.2, -0.15) is 0 Å². The smallest absolute Gasteiger partial charge is 0.203 e. The fourth-order valence-electron chi connectivity index (χ4n) is 2.32. The van der Waals surface area contributed by atoms with Gasteiger partial charge in [0.25, 0.3) is 0 Å². The first kappa shape index (κ1) is 12.3. The van der Waals surface area contributed by atoms with Gasteiger partial charge in [-0.15, -0.1) is 0 Å². The monoisotopic (exact) mass is 259 g/mol. The molecule has 0 bridgehead atoms. The number of imidazole rings is 2. The molecule has 0 saturated heterocycles. The molecule has 2 heterocycles. The molecule has 0 unspecified atom stereocenters. The molecular weight excluding hydrogens is 238 g/mol. The molecule has 3 rings (SSSR count). The van der Waals surface area contributed by atoms with E-state index in [9.17, 15) is 0 Å². The Kier molecular flexibility index (Phi) is 3.53. The van der Waals surface area contributed by atoms with Crippen molar-refractivity contribution in [1.82, 2.24) is 19.1 Å². The topological polar surface area (TPSA) is 47.7 Å². The van der Waals surface area contributed by atoms with Crippen molar-refractivity contribution in [3.8, 4) is 0 Å². The molecule has 1 aliphatic rings. The second kappa shape index (κ2) is 5.47. The number of nitrogens with one attached hydrogen (secondary N) is 1. The Morgan fingerprint density at radius 2 is 2.26 bits per heavy atom. The zero-order valence-corrected chi connectivity index (χ0v) is 11.4. The van der Waals surface area contributed by atoms with Crippen LogP contribution in [-0.4, -0.2) is 25.6 Å². The third-order valence-corrected chi connectivity index (χ3v) is 3.48. The molecule has 1 N–H and O–H groups in total. The van der Waals surface area contributed by atoms with E-state index in [1.165, 1.54) is 12.8 Å². The average Bonchev–Trinajstić information content (AvgIpc) is 2.98. The van der Waals surface area contributed by atoms with Crippen LogP contribution in [0.2, 0.25) is 0 Å². The van der Waals surface area contributed by atoms with E-state index in [-0.39, 0.29) is 0 Å². The Hall–Kier alpha value is -1.78. The molecule has 1 fully saturated rings. The summed E-state index contributed by atoms with van der Waals surface area (Å²) in [6, 6.07) is 0.689. The maximum absolute atomic E-state index is 4.56. The molecule has 5 heteroatoms. The molecule has 0 spiro atoms. The van der Waals surface area contributed by atoms with Crippen molar-refractivity contribution in [3.63, 3.8) is 0 Å². The van der Waals surface area contributed by atoms with Crippen LogP contribution in [0, 0.1) is 6.92 Å². The van der Waals surface area contributed by atoms with Crippen LogP contribution in [0.25, 0.3) is 0 Å². The molecule has 19 heavy (non-hydrogen) atoms. The summed E-state index contributed by atoms with van der Waals surface area (Å²) in [6.45, 7) is 4.08. The predicted octanol–water partition coefficient (Wildman–Crippen LogP) is 2.62. The van der Waals surface area contributed by atoms with Crippen molar-refractivity contribution in [2.24, 2.45) is 0 Å². The predicted molar refractivity (Wildman–Crippen MR) is 75.2 cm³/mol. The molecule has 0 aromatic carbocycles. The number of anilines is 1. The van der Waals surface area contributed by atoms with E-state index in [0.29, 0.717) is 6.04 Å². The summed E-state index contributed by atoms with van der Waals surface area (Å²) >= 11 is 0. The van der Waals surface area contributed by atoms with Crippen LogP contribution >= 0.6 is 0 Å². The fourth-order valence-corrected chi connectivity index (χ4v) is 2.32. The first-order valence-corrected chi connectivity index (χ1v) is 7.08. The quantitative estimate of drug-likeness (QED) is 0.778. The number of hydrogen-bond acceptors (Lipinski definition) is 3. The zero-order valence-electron chi connectivity index (χ0n) is 11.4. The Morgan fingerprint density at radius 3 is 3.00 bits per heavy atom. The number of aryl methyl sites for hydroxylation is 2. The fraction of sp³-hybridized carbons (Fsp3) is 0.571. The van der Waals surface area contributed by atoms with Crippen molar-refractivity contribution >= 4 is 5.95 Å². The number of hydrogen-bond donors (Lipinski definition) is 1. The lowest BCUT2D eigenvalue weighted by molar-refractivity contribution is 0.618. The van der Waals surface area contributed by atoms with E-state index >= 15 is 0 Å². The van der Waals surface area contributed by atoms with Gasteiger partial charge < -0.3 is 14.5 Å². The lowest BCUT2D eigenvalue weighted by atomic mass is 10.3. The average molecular weight is 259 g/mol. The second-order valence-electron chi connectivity index (χ2n) is 5.28. The van der Waals surface area contributed by atoms with Gasteiger partial charge in [-0.1, -0.05) is 0 Å². The minimum Gasteiger partial charge on any atom is -0.356 e. The van der Waals surface area contributed by atoms with Gasteiger partial charge in [-0.3, -0.25) is 0 Å². The zero-order chi connectivity index (χ0) is 13.1. The van der Waals surface area contributed by atoms with Gasteiger partial charge in [0.15, 0.2) is 0 Å².